The molecule has 0 bridgehead atoms. The minimum absolute atomic E-state index is 0.119. The summed E-state index contributed by atoms with van der Waals surface area (Å²) in [5.74, 6) is 1.83. The van der Waals surface area contributed by atoms with E-state index in [-0.39, 0.29) is 5.41 Å². The molecule has 0 unspecified atom stereocenters. The van der Waals surface area contributed by atoms with Gasteiger partial charge < -0.3 is 10.1 Å². The highest BCUT2D eigenvalue weighted by Crippen LogP contribution is 2.31. The second kappa shape index (κ2) is 8.43. The van der Waals surface area contributed by atoms with E-state index in [1.807, 2.05) is 0 Å². The fourth-order valence-corrected chi connectivity index (χ4v) is 2.36. The lowest BCUT2D eigenvalue weighted by atomic mass is 9.86. The predicted molar refractivity (Wildman–Crippen MR) is 92.3 cm³/mol. The van der Waals surface area contributed by atoms with Crippen molar-refractivity contribution in [3.8, 4) is 5.75 Å². The van der Waals surface area contributed by atoms with Crippen LogP contribution in [-0.4, -0.2) is 19.7 Å². The Morgan fingerprint density at radius 2 is 1.86 bits per heavy atom. The smallest absolute Gasteiger partial charge is 0.123 e. The Hall–Kier alpha value is -1.02. The van der Waals surface area contributed by atoms with Crippen LogP contribution in [0.15, 0.2) is 18.2 Å². The molecule has 0 spiro atoms. The average Bonchev–Trinajstić information content (AvgIpc) is 2.35. The van der Waals surface area contributed by atoms with E-state index >= 15 is 0 Å². The zero-order chi connectivity index (χ0) is 15.9. The molecule has 1 aromatic rings. The van der Waals surface area contributed by atoms with E-state index in [0.717, 1.165) is 31.4 Å². The van der Waals surface area contributed by atoms with Crippen LogP contribution in [0, 0.1) is 12.8 Å². The first kappa shape index (κ1) is 18.0. The third-order valence-corrected chi connectivity index (χ3v) is 3.62. The van der Waals surface area contributed by atoms with E-state index in [1.54, 1.807) is 0 Å². The molecule has 0 fully saturated rings. The van der Waals surface area contributed by atoms with Crippen molar-refractivity contribution in [2.45, 2.75) is 59.8 Å². The first-order valence-electron chi connectivity index (χ1n) is 8.25. The number of hydrogen-bond acceptors (Lipinski definition) is 2. The maximum Gasteiger partial charge on any atom is 0.123 e. The quantitative estimate of drug-likeness (QED) is 0.701. The molecule has 0 radical (unpaired) electrons. The number of ether oxygens (including phenoxy) is 1. The van der Waals surface area contributed by atoms with E-state index in [0.29, 0.717) is 0 Å². The molecule has 0 atom stereocenters. The van der Waals surface area contributed by atoms with Crippen LogP contribution in [0.4, 0.5) is 0 Å². The second-order valence-electron chi connectivity index (χ2n) is 7.38. The molecule has 1 rings (SSSR count). The van der Waals surface area contributed by atoms with Crippen molar-refractivity contribution in [2.24, 2.45) is 5.92 Å². The standard InChI is InChI=1S/C19H33NO/c1-15(2)8-7-11-20-12-13-21-18-14-16(3)9-10-17(18)19(4,5)6/h9-10,14-15,20H,7-8,11-13H2,1-6H3. The molecule has 0 aromatic heterocycles. The monoisotopic (exact) mass is 291 g/mol. The highest BCUT2D eigenvalue weighted by molar-refractivity contribution is 5.41. The normalized spacial score (nSPS) is 12.0. The van der Waals surface area contributed by atoms with Gasteiger partial charge in [-0.2, -0.15) is 0 Å². The summed E-state index contributed by atoms with van der Waals surface area (Å²) >= 11 is 0. The van der Waals surface area contributed by atoms with Gasteiger partial charge in [-0.25, -0.2) is 0 Å². The van der Waals surface area contributed by atoms with Crippen molar-refractivity contribution >= 4 is 0 Å². The zero-order valence-electron chi connectivity index (χ0n) is 14.8. The zero-order valence-corrected chi connectivity index (χ0v) is 14.8. The summed E-state index contributed by atoms with van der Waals surface area (Å²) in [5, 5.41) is 3.46. The lowest BCUT2D eigenvalue weighted by Crippen LogP contribution is -2.23. The maximum absolute atomic E-state index is 6.01. The summed E-state index contributed by atoms with van der Waals surface area (Å²) in [6.45, 7) is 16.1. The van der Waals surface area contributed by atoms with Gasteiger partial charge in [0.25, 0.3) is 0 Å². The molecule has 0 amide bonds. The predicted octanol–water partition coefficient (Wildman–Crippen LogP) is 4.70. The molecule has 0 heterocycles. The molecule has 0 saturated heterocycles. The number of benzene rings is 1. The van der Waals surface area contributed by atoms with Crippen molar-refractivity contribution in [3.05, 3.63) is 29.3 Å². The SMILES string of the molecule is Cc1ccc(C(C)(C)C)c(OCCNCCCC(C)C)c1. The number of rotatable bonds is 8. The van der Waals surface area contributed by atoms with Gasteiger partial charge in [-0.3, -0.25) is 0 Å². The van der Waals surface area contributed by atoms with Gasteiger partial charge in [-0.1, -0.05) is 46.8 Å². The molecule has 2 nitrogen and oxygen atoms in total. The molecule has 120 valence electrons. The van der Waals surface area contributed by atoms with E-state index in [9.17, 15) is 0 Å². The molecule has 1 aromatic carbocycles. The first-order valence-corrected chi connectivity index (χ1v) is 8.25. The molecular formula is C19H33NO. The van der Waals surface area contributed by atoms with E-state index in [1.165, 1.54) is 24.0 Å². The summed E-state index contributed by atoms with van der Waals surface area (Å²) in [4.78, 5) is 0. The van der Waals surface area contributed by atoms with Crippen molar-refractivity contribution in [2.75, 3.05) is 19.7 Å². The van der Waals surface area contributed by atoms with Crippen molar-refractivity contribution < 1.29 is 4.74 Å². The van der Waals surface area contributed by atoms with Crippen molar-refractivity contribution in [1.82, 2.24) is 5.32 Å². The summed E-state index contributed by atoms with van der Waals surface area (Å²) < 4.78 is 6.01. The van der Waals surface area contributed by atoms with Crippen LogP contribution in [0.3, 0.4) is 0 Å². The van der Waals surface area contributed by atoms with Crippen LogP contribution >= 0.6 is 0 Å². The molecule has 0 saturated carbocycles. The summed E-state index contributed by atoms with van der Waals surface area (Å²) in [7, 11) is 0. The van der Waals surface area contributed by atoms with E-state index in [2.05, 4.69) is 65.1 Å². The summed E-state index contributed by atoms with van der Waals surface area (Å²) in [6, 6.07) is 6.51. The molecule has 1 N–H and O–H groups in total. The van der Waals surface area contributed by atoms with E-state index < -0.39 is 0 Å². The molecule has 0 aliphatic carbocycles. The Morgan fingerprint density at radius 1 is 1.14 bits per heavy atom. The highest BCUT2D eigenvalue weighted by atomic mass is 16.5. The molecule has 21 heavy (non-hydrogen) atoms. The third-order valence-electron chi connectivity index (χ3n) is 3.62. The van der Waals surface area contributed by atoms with Crippen LogP contribution in [0.1, 0.15) is 58.6 Å². The average molecular weight is 291 g/mol. The second-order valence-corrected chi connectivity index (χ2v) is 7.38. The minimum Gasteiger partial charge on any atom is -0.492 e. The Kier molecular flexibility index (Phi) is 7.24. The van der Waals surface area contributed by atoms with Crippen molar-refractivity contribution in [1.29, 1.82) is 0 Å². The van der Waals surface area contributed by atoms with Gasteiger partial charge in [-0.15, -0.1) is 0 Å². The van der Waals surface area contributed by atoms with Gasteiger partial charge in [-0.05, 0) is 54.8 Å². The van der Waals surface area contributed by atoms with Crippen LogP contribution in [-0.2, 0) is 5.41 Å². The lowest BCUT2D eigenvalue weighted by molar-refractivity contribution is 0.304. The third kappa shape index (κ3) is 6.99. The Balaban J connectivity index is 2.40. The summed E-state index contributed by atoms with van der Waals surface area (Å²) in [6.07, 6.45) is 2.54. The lowest BCUT2D eigenvalue weighted by Gasteiger charge is -2.23. The number of hydrogen-bond donors (Lipinski definition) is 1. The molecule has 0 aliphatic heterocycles. The maximum atomic E-state index is 6.01. The van der Waals surface area contributed by atoms with Crippen LogP contribution in [0.5, 0.6) is 5.75 Å². The Labute approximate surface area is 131 Å². The van der Waals surface area contributed by atoms with Gasteiger partial charge in [0.1, 0.15) is 12.4 Å². The highest BCUT2D eigenvalue weighted by Gasteiger charge is 2.18. The van der Waals surface area contributed by atoms with Gasteiger partial charge in [0.05, 0.1) is 0 Å². The number of nitrogens with one attached hydrogen (secondary N) is 1. The Morgan fingerprint density at radius 3 is 2.48 bits per heavy atom. The largest absolute Gasteiger partial charge is 0.492 e. The minimum atomic E-state index is 0.119. The topological polar surface area (TPSA) is 21.3 Å². The van der Waals surface area contributed by atoms with Crippen LogP contribution < -0.4 is 10.1 Å². The van der Waals surface area contributed by atoms with E-state index in [4.69, 9.17) is 4.74 Å². The van der Waals surface area contributed by atoms with Crippen molar-refractivity contribution in [3.63, 3.8) is 0 Å². The fourth-order valence-electron chi connectivity index (χ4n) is 2.36. The van der Waals surface area contributed by atoms with Gasteiger partial charge >= 0.3 is 0 Å². The number of aryl methyl sites for hydroxylation is 1. The van der Waals surface area contributed by atoms with Gasteiger partial charge in [0.2, 0.25) is 0 Å². The van der Waals surface area contributed by atoms with Gasteiger partial charge in [0, 0.05) is 6.54 Å². The van der Waals surface area contributed by atoms with Gasteiger partial charge in [0.15, 0.2) is 0 Å². The Bertz CT molecular complexity index is 418. The summed E-state index contributed by atoms with van der Waals surface area (Å²) in [5.41, 5.74) is 2.66. The van der Waals surface area contributed by atoms with Crippen LogP contribution in [0.25, 0.3) is 0 Å². The molecule has 0 aliphatic rings. The fraction of sp³-hybridized carbons (Fsp3) is 0.684. The van der Waals surface area contributed by atoms with Crippen LogP contribution in [0.2, 0.25) is 0 Å². The molecule has 2 heteroatoms. The molecular weight excluding hydrogens is 258 g/mol. The first-order chi connectivity index (χ1) is 9.80.